The van der Waals surface area contributed by atoms with Gasteiger partial charge in [0, 0.05) is 26.3 Å². The molecule has 2 N–H and O–H groups in total. The van der Waals surface area contributed by atoms with Gasteiger partial charge in [-0.2, -0.15) is 0 Å². The number of hydrogen-bond donors (Lipinski definition) is 1. The van der Waals surface area contributed by atoms with Crippen LogP contribution in [0.25, 0.3) is 0 Å². The molecule has 1 aromatic heterocycles. The number of primary amides is 1. The zero-order chi connectivity index (χ0) is 15.0. The fraction of sp³-hybridized carbons (Fsp3) is 0.667. The minimum absolute atomic E-state index is 0.100. The van der Waals surface area contributed by atoms with Crippen molar-refractivity contribution in [2.24, 2.45) is 24.1 Å². The molecular weight excluding hydrogens is 268 g/mol. The Bertz CT molecular complexity index is 564. The fourth-order valence-corrected chi connectivity index (χ4v) is 3.33. The first-order valence-electron chi connectivity index (χ1n) is 7.57. The minimum Gasteiger partial charge on any atom is -0.369 e. The lowest BCUT2D eigenvalue weighted by molar-refractivity contribution is -0.131. The van der Waals surface area contributed by atoms with E-state index in [2.05, 4.69) is 4.98 Å². The number of nitrogens with two attached hydrogens (primary N) is 1. The largest absolute Gasteiger partial charge is 0.369 e. The van der Waals surface area contributed by atoms with E-state index < -0.39 is 5.41 Å². The topological polar surface area (TPSA) is 81.2 Å². The highest BCUT2D eigenvalue weighted by Crippen LogP contribution is 2.44. The van der Waals surface area contributed by atoms with Gasteiger partial charge in [0.15, 0.2) is 0 Å². The van der Waals surface area contributed by atoms with E-state index in [9.17, 15) is 9.59 Å². The van der Waals surface area contributed by atoms with Crippen LogP contribution in [0.4, 0.5) is 0 Å². The number of aryl methyl sites for hydroxylation is 1. The SMILES string of the molecule is Cn1cnc(C(=O)N2CCCC(CC3CC3)(C(N)=O)C2)c1. The molecule has 6 nitrogen and oxygen atoms in total. The van der Waals surface area contributed by atoms with Crippen LogP contribution in [-0.4, -0.2) is 39.4 Å². The van der Waals surface area contributed by atoms with Crippen LogP contribution in [0.2, 0.25) is 0 Å². The van der Waals surface area contributed by atoms with Crippen molar-refractivity contribution >= 4 is 11.8 Å². The lowest BCUT2D eigenvalue weighted by atomic mass is 9.75. The lowest BCUT2D eigenvalue weighted by Gasteiger charge is -2.40. The van der Waals surface area contributed by atoms with Gasteiger partial charge in [0.05, 0.1) is 11.7 Å². The third kappa shape index (κ3) is 2.80. The molecule has 2 fully saturated rings. The Morgan fingerprint density at radius 3 is 2.81 bits per heavy atom. The van der Waals surface area contributed by atoms with Gasteiger partial charge in [-0.3, -0.25) is 9.59 Å². The standard InChI is InChI=1S/C15H22N4O2/c1-18-8-12(17-10-18)13(20)19-6-2-5-15(9-19,14(16)21)7-11-3-4-11/h8,10-11H,2-7,9H2,1H3,(H2,16,21). The van der Waals surface area contributed by atoms with Gasteiger partial charge in [0.2, 0.25) is 5.91 Å². The molecular formula is C15H22N4O2. The van der Waals surface area contributed by atoms with Crippen molar-refractivity contribution in [2.45, 2.75) is 32.1 Å². The van der Waals surface area contributed by atoms with Gasteiger partial charge < -0.3 is 15.2 Å². The first-order valence-corrected chi connectivity index (χ1v) is 7.57. The predicted octanol–water partition coefficient (Wildman–Crippen LogP) is 0.928. The highest BCUT2D eigenvalue weighted by molar-refractivity contribution is 5.93. The van der Waals surface area contributed by atoms with Gasteiger partial charge in [0.1, 0.15) is 5.69 Å². The first kappa shape index (κ1) is 14.1. The van der Waals surface area contributed by atoms with E-state index in [1.54, 1.807) is 22.0 Å². The fourth-order valence-electron chi connectivity index (χ4n) is 3.33. The van der Waals surface area contributed by atoms with Gasteiger partial charge >= 0.3 is 0 Å². The van der Waals surface area contributed by atoms with Crippen molar-refractivity contribution in [1.82, 2.24) is 14.5 Å². The van der Waals surface area contributed by atoms with Crippen molar-refractivity contribution in [2.75, 3.05) is 13.1 Å². The summed E-state index contributed by atoms with van der Waals surface area (Å²) in [5, 5.41) is 0. The van der Waals surface area contributed by atoms with Gasteiger partial charge in [-0.25, -0.2) is 4.98 Å². The molecule has 2 amide bonds. The van der Waals surface area contributed by atoms with Crippen LogP contribution >= 0.6 is 0 Å². The Kier molecular flexibility index (Phi) is 3.47. The Hall–Kier alpha value is -1.85. The molecule has 1 aromatic rings. The number of carbonyl (C=O) groups is 2. The average molecular weight is 290 g/mol. The summed E-state index contributed by atoms with van der Waals surface area (Å²) in [5.74, 6) is 0.257. The Morgan fingerprint density at radius 2 is 2.24 bits per heavy atom. The highest BCUT2D eigenvalue weighted by Gasteiger charge is 2.45. The van der Waals surface area contributed by atoms with E-state index in [0.717, 1.165) is 19.3 Å². The molecule has 3 rings (SSSR count). The number of piperidine rings is 1. The number of nitrogens with zero attached hydrogens (tertiary/aromatic N) is 3. The molecule has 1 saturated carbocycles. The third-order valence-electron chi connectivity index (χ3n) is 4.69. The van der Waals surface area contributed by atoms with E-state index in [0.29, 0.717) is 24.7 Å². The number of likely N-dealkylation sites (tertiary alicyclic amines) is 1. The molecule has 21 heavy (non-hydrogen) atoms. The summed E-state index contributed by atoms with van der Waals surface area (Å²) in [6, 6.07) is 0. The maximum absolute atomic E-state index is 12.5. The van der Waals surface area contributed by atoms with Crippen molar-refractivity contribution < 1.29 is 9.59 Å². The monoisotopic (exact) mass is 290 g/mol. The van der Waals surface area contributed by atoms with Crippen molar-refractivity contribution in [1.29, 1.82) is 0 Å². The van der Waals surface area contributed by atoms with E-state index in [-0.39, 0.29) is 11.8 Å². The summed E-state index contributed by atoms with van der Waals surface area (Å²) >= 11 is 0. The quantitative estimate of drug-likeness (QED) is 0.895. The number of rotatable bonds is 4. The van der Waals surface area contributed by atoms with Crippen LogP contribution in [0, 0.1) is 11.3 Å². The van der Waals surface area contributed by atoms with E-state index in [1.165, 1.54) is 12.8 Å². The molecule has 114 valence electrons. The second kappa shape index (κ2) is 5.16. The zero-order valence-corrected chi connectivity index (χ0v) is 12.4. The number of imidazole rings is 1. The number of hydrogen-bond acceptors (Lipinski definition) is 3. The number of aromatic nitrogens is 2. The van der Waals surface area contributed by atoms with Crippen molar-refractivity contribution in [3.05, 3.63) is 18.2 Å². The second-order valence-electron chi connectivity index (χ2n) is 6.55. The Labute approximate surface area is 124 Å². The molecule has 0 aromatic carbocycles. The maximum atomic E-state index is 12.5. The molecule has 6 heteroatoms. The molecule has 2 aliphatic rings. The van der Waals surface area contributed by atoms with Crippen molar-refractivity contribution in [3.63, 3.8) is 0 Å². The van der Waals surface area contributed by atoms with Crippen LogP contribution in [-0.2, 0) is 11.8 Å². The first-order chi connectivity index (χ1) is 10.00. The molecule has 2 heterocycles. The molecule has 1 aliphatic heterocycles. The van der Waals surface area contributed by atoms with Crippen LogP contribution < -0.4 is 5.73 Å². The minimum atomic E-state index is -0.538. The highest BCUT2D eigenvalue weighted by atomic mass is 16.2. The average Bonchev–Trinajstić information content (AvgIpc) is 3.16. The molecule has 0 radical (unpaired) electrons. The van der Waals surface area contributed by atoms with Gasteiger partial charge in [-0.05, 0) is 25.2 Å². The van der Waals surface area contributed by atoms with E-state index in [1.807, 2.05) is 7.05 Å². The normalized spacial score (nSPS) is 25.9. The smallest absolute Gasteiger partial charge is 0.274 e. The maximum Gasteiger partial charge on any atom is 0.274 e. The van der Waals surface area contributed by atoms with Crippen LogP contribution in [0.5, 0.6) is 0 Å². The Balaban J connectivity index is 1.77. The van der Waals surface area contributed by atoms with Crippen LogP contribution in [0.3, 0.4) is 0 Å². The van der Waals surface area contributed by atoms with Gasteiger partial charge in [-0.15, -0.1) is 0 Å². The summed E-state index contributed by atoms with van der Waals surface area (Å²) in [7, 11) is 1.83. The summed E-state index contributed by atoms with van der Waals surface area (Å²) in [6.45, 7) is 1.11. The number of amides is 2. The zero-order valence-electron chi connectivity index (χ0n) is 12.4. The van der Waals surface area contributed by atoms with E-state index >= 15 is 0 Å². The summed E-state index contributed by atoms with van der Waals surface area (Å²) in [5.41, 5.74) is 5.58. The van der Waals surface area contributed by atoms with Crippen LogP contribution in [0.1, 0.15) is 42.6 Å². The van der Waals surface area contributed by atoms with Gasteiger partial charge in [0.25, 0.3) is 5.91 Å². The molecule has 1 atom stereocenters. The molecule has 1 aliphatic carbocycles. The predicted molar refractivity (Wildman–Crippen MR) is 77.3 cm³/mol. The molecule has 1 saturated heterocycles. The molecule has 1 unspecified atom stereocenters. The van der Waals surface area contributed by atoms with E-state index in [4.69, 9.17) is 5.73 Å². The number of carbonyl (C=O) groups excluding carboxylic acids is 2. The van der Waals surface area contributed by atoms with Crippen molar-refractivity contribution in [3.8, 4) is 0 Å². The van der Waals surface area contributed by atoms with Gasteiger partial charge in [-0.1, -0.05) is 12.8 Å². The molecule has 0 spiro atoms. The summed E-state index contributed by atoms with van der Waals surface area (Å²) in [6.07, 6.45) is 8.15. The Morgan fingerprint density at radius 1 is 1.48 bits per heavy atom. The third-order valence-corrected chi connectivity index (χ3v) is 4.69. The summed E-state index contributed by atoms with van der Waals surface area (Å²) < 4.78 is 1.75. The lowest BCUT2D eigenvalue weighted by Crippen LogP contribution is -2.52. The van der Waals surface area contributed by atoms with Crippen LogP contribution in [0.15, 0.2) is 12.5 Å². The molecule has 0 bridgehead atoms. The second-order valence-corrected chi connectivity index (χ2v) is 6.55. The summed E-state index contributed by atoms with van der Waals surface area (Å²) in [4.78, 5) is 30.4.